The number of aliphatic imine (C=N–C) groups is 1. The Morgan fingerprint density at radius 2 is 1.77 bits per heavy atom. The van der Waals surface area contributed by atoms with Crippen LogP contribution >= 0.6 is 0 Å². The minimum absolute atomic E-state index is 0.00673. The number of benzene rings is 2. The number of benzodiazepines with no additional fused rings is 1. The predicted molar refractivity (Wildman–Crippen MR) is 150 cm³/mol. The number of para-hydroxylation sites is 1. The molecule has 208 valence electrons. The van der Waals surface area contributed by atoms with Crippen molar-refractivity contribution in [2.75, 3.05) is 11.9 Å². The van der Waals surface area contributed by atoms with Crippen LogP contribution in [-0.4, -0.2) is 53.1 Å². The zero-order chi connectivity index (χ0) is 28.2. The van der Waals surface area contributed by atoms with Gasteiger partial charge in [0.15, 0.2) is 0 Å². The van der Waals surface area contributed by atoms with Crippen molar-refractivity contribution in [3.8, 4) is 0 Å². The van der Waals surface area contributed by atoms with Crippen molar-refractivity contribution >= 4 is 29.5 Å². The third kappa shape index (κ3) is 7.37. The largest absolute Gasteiger partial charge is 0.445 e. The number of fused-ring (bicyclic) bond motifs is 1. The van der Waals surface area contributed by atoms with Crippen molar-refractivity contribution in [1.29, 1.82) is 0 Å². The molecule has 2 heterocycles. The number of alkyl carbamates (subject to hydrolysis) is 1. The second-order valence-electron chi connectivity index (χ2n) is 11.8. The van der Waals surface area contributed by atoms with Crippen LogP contribution in [0.2, 0.25) is 0 Å². The molecule has 0 bridgehead atoms. The van der Waals surface area contributed by atoms with Gasteiger partial charge in [-0.15, -0.1) is 0 Å². The highest BCUT2D eigenvalue weighted by Gasteiger charge is 2.39. The van der Waals surface area contributed by atoms with Crippen LogP contribution < -0.4 is 10.6 Å². The first-order valence-electron chi connectivity index (χ1n) is 13.4. The molecule has 0 spiro atoms. The van der Waals surface area contributed by atoms with Gasteiger partial charge in [-0.05, 0) is 57.1 Å². The molecule has 0 saturated carbocycles. The molecule has 2 N–H and O–H groups in total. The summed E-state index contributed by atoms with van der Waals surface area (Å²) in [5.74, 6) is -0.494. The molecule has 4 rings (SSSR count). The first-order chi connectivity index (χ1) is 18.4. The Labute approximate surface area is 230 Å². The number of anilines is 1. The van der Waals surface area contributed by atoms with Crippen LogP contribution in [0.1, 0.15) is 65.0 Å². The molecule has 1 saturated heterocycles. The Bertz CT molecular complexity index is 1240. The lowest BCUT2D eigenvalue weighted by atomic mass is 9.84. The lowest BCUT2D eigenvalue weighted by Crippen LogP contribution is -2.48. The van der Waals surface area contributed by atoms with Gasteiger partial charge in [0.25, 0.3) is 5.91 Å². The van der Waals surface area contributed by atoms with Crippen LogP contribution in [0.5, 0.6) is 0 Å². The van der Waals surface area contributed by atoms with E-state index in [0.29, 0.717) is 29.9 Å². The third-order valence-electron chi connectivity index (χ3n) is 6.89. The van der Waals surface area contributed by atoms with Gasteiger partial charge in [0.05, 0.1) is 17.4 Å². The topological polar surface area (TPSA) is 109 Å². The molecule has 9 nitrogen and oxygen atoms in total. The molecular weight excluding hydrogens is 496 g/mol. The Balaban J connectivity index is 1.67. The molecule has 2 aliphatic rings. The number of carbonyl (C=O) groups is 3. The molecule has 2 aromatic rings. The second-order valence-corrected chi connectivity index (χ2v) is 11.8. The lowest BCUT2D eigenvalue weighted by molar-refractivity contribution is -0.117. The van der Waals surface area contributed by atoms with Crippen molar-refractivity contribution in [2.45, 2.75) is 78.3 Å². The minimum Gasteiger partial charge on any atom is -0.445 e. The maximum Gasteiger partial charge on any atom is 0.410 e. The summed E-state index contributed by atoms with van der Waals surface area (Å²) in [5, 5.41) is 5.48. The van der Waals surface area contributed by atoms with E-state index in [1.54, 1.807) is 11.0 Å². The molecule has 0 aliphatic carbocycles. The van der Waals surface area contributed by atoms with Crippen LogP contribution in [0.4, 0.5) is 15.3 Å². The highest BCUT2D eigenvalue weighted by Crippen LogP contribution is 2.35. The Hall–Kier alpha value is -3.88. The number of hydrogen-bond donors (Lipinski definition) is 2. The van der Waals surface area contributed by atoms with Gasteiger partial charge < -0.3 is 14.8 Å². The molecule has 0 aromatic heterocycles. The van der Waals surface area contributed by atoms with Crippen molar-refractivity contribution in [3.63, 3.8) is 0 Å². The summed E-state index contributed by atoms with van der Waals surface area (Å²) in [4.78, 5) is 45.8. The minimum atomic E-state index is -1.24. The number of ether oxygens (including phenoxy) is 2. The molecule has 2 unspecified atom stereocenters. The van der Waals surface area contributed by atoms with E-state index >= 15 is 0 Å². The monoisotopic (exact) mass is 534 g/mol. The Morgan fingerprint density at radius 3 is 2.49 bits per heavy atom. The first-order valence-corrected chi connectivity index (χ1v) is 13.4. The molecule has 2 aromatic carbocycles. The maximum atomic E-state index is 13.4. The zero-order valence-corrected chi connectivity index (χ0v) is 23.3. The number of carbonyl (C=O) groups excluding carboxylic acids is 3. The highest BCUT2D eigenvalue weighted by atomic mass is 16.6. The fraction of sp³-hybridized carbons (Fsp3) is 0.467. The Morgan fingerprint density at radius 1 is 1.08 bits per heavy atom. The van der Waals surface area contributed by atoms with E-state index in [4.69, 9.17) is 14.5 Å². The van der Waals surface area contributed by atoms with E-state index in [-0.39, 0.29) is 12.0 Å². The Kier molecular flexibility index (Phi) is 8.28. The zero-order valence-electron chi connectivity index (χ0n) is 23.3. The average molecular weight is 535 g/mol. The standard InChI is InChI=1S/C30H38N4O5/c1-29(2,3)39-28(37)34-18-17-30(4,5)16-15-23(34)24-21-13-9-10-14-22(21)31-26(35)25(32-24)33-27(36)38-19-20-11-7-6-8-12-20/h6-14,23,25H,15-19H2,1-5H3,(H,31,35)(H,33,36). The highest BCUT2D eigenvalue weighted by molar-refractivity contribution is 6.15. The summed E-state index contributed by atoms with van der Waals surface area (Å²) in [7, 11) is 0. The van der Waals surface area contributed by atoms with E-state index in [9.17, 15) is 14.4 Å². The smallest absolute Gasteiger partial charge is 0.410 e. The summed E-state index contributed by atoms with van der Waals surface area (Å²) < 4.78 is 11.1. The second kappa shape index (κ2) is 11.5. The molecule has 1 fully saturated rings. The lowest BCUT2D eigenvalue weighted by Gasteiger charge is -2.33. The molecule has 0 radical (unpaired) electrons. The summed E-state index contributed by atoms with van der Waals surface area (Å²) in [6.45, 7) is 10.4. The number of nitrogens with zero attached hydrogens (tertiary/aromatic N) is 2. The molecule has 2 atom stereocenters. The van der Waals surface area contributed by atoms with Crippen molar-refractivity contribution < 1.29 is 23.9 Å². The maximum absolute atomic E-state index is 13.4. The first kappa shape index (κ1) is 28.1. The van der Waals surface area contributed by atoms with Crippen LogP contribution in [-0.2, 0) is 20.9 Å². The van der Waals surface area contributed by atoms with E-state index < -0.39 is 35.9 Å². The van der Waals surface area contributed by atoms with Crippen LogP contribution in [0, 0.1) is 5.41 Å². The number of hydrogen-bond acceptors (Lipinski definition) is 6. The van der Waals surface area contributed by atoms with E-state index in [1.807, 2.05) is 69.3 Å². The van der Waals surface area contributed by atoms with Gasteiger partial charge in [0, 0.05) is 12.1 Å². The normalized spacial score (nSPS) is 20.9. The SMILES string of the molecule is CC1(C)CCC(C2=NC(NC(=O)OCc3ccccc3)C(=O)Nc3ccccc32)N(C(=O)OC(C)(C)C)CC1. The summed E-state index contributed by atoms with van der Waals surface area (Å²) in [6, 6.07) is 16.2. The van der Waals surface area contributed by atoms with Gasteiger partial charge >= 0.3 is 12.2 Å². The van der Waals surface area contributed by atoms with Gasteiger partial charge in [-0.1, -0.05) is 62.4 Å². The molecule has 39 heavy (non-hydrogen) atoms. The van der Waals surface area contributed by atoms with Gasteiger partial charge in [-0.25, -0.2) is 9.59 Å². The summed E-state index contributed by atoms with van der Waals surface area (Å²) >= 11 is 0. The van der Waals surface area contributed by atoms with E-state index in [1.165, 1.54) is 0 Å². The molecule has 2 aliphatic heterocycles. The van der Waals surface area contributed by atoms with E-state index in [0.717, 1.165) is 18.4 Å². The van der Waals surface area contributed by atoms with Gasteiger partial charge in [-0.2, -0.15) is 0 Å². The predicted octanol–water partition coefficient (Wildman–Crippen LogP) is 5.50. The number of amides is 3. The van der Waals surface area contributed by atoms with E-state index in [2.05, 4.69) is 24.5 Å². The number of nitrogens with one attached hydrogen (secondary N) is 2. The van der Waals surface area contributed by atoms with Gasteiger partial charge in [0.2, 0.25) is 6.17 Å². The van der Waals surface area contributed by atoms with Crippen molar-refractivity contribution in [2.24, 2.45) is 10.4 Å². The summed E-state index contributed by atoms with van der Waals surface area (Å²) in [6.07, 6.45) is -0.176. The van der Waals surface area contributed by atoms with Crippen LogP contribution in [0.3, 0.4) is 0 Å². The van der Waals surface area contributed by atoms with Crippen LogP contribution in [0.15, 0.2) is 59.6 Å². The summed E-state index contributed by atoms with van der Waals surface area (Å²) in [5.41, 5.74) is 1.97. The quantitative estimate of drug-likeness (QED) is 0.539. The molecular formula is C30H38N4O5. The van der Waals surface area contributed by atoms with Gasteiger partial charge in [0.1, 0.15) is 12.2 Å². The molecule has 3 amide bonds. The number of likely N-dealkylation sites (tertiary alicyclic amines) is 1. The van der Waals surface area contributed by atoms with Crippen molar-refractivity contribution in [1.82, 2.24) is 10.2 Å². The number of rotatable bonds is 4. The fourth-order valence-corrected chi connectivity index (χ4v) is 4.73. The average Bonchev–Trinajstić information content (AvgIpc) is 3.11. The fourth-order valence-electron chi connectivity index (χ4n) is 4.73. The molecule has 9 heteroatoms. The third-order valence-corrected chi connectivity index (χ3v) is 6.89. The van der Waals surface area contributed by atoms with Gasteiger partial charge in [-0.3, -0.25) is 20.0 Å². The van der Waals surface area contributed by atoms with Crippen molar-refractivity contribution in [3.05, 3.63) is 65.7 Å². The van der Waals surface area contributed by atoms with Crippen LogP contribution in [0.25, 0.3) is 0 Å².